The lowest BCUT2D eigenvalue weighted by molar-refractivity contribution is 0.219. The average molecular weight is 347 g/mol. The summed E-state index contributed by atoms with van der Waals surface area (Å²) in [5.74, 6) is 0. The molecule has 21 heavy (non-hydrogen) atoms. The Kier molecular flexibility index (Phi) is 4.56. The van der Waals surface area contributed by atoms with Crippen LogP contribution in [0.3, 0.4) is 0 Å². The highest BCUT2D eigenvalue weighted by Crippen LogP contribution is 2.32. The van der Waals surface area contributed by atoms with Gasteiger partial charge in [-0.15, -0.1) is 0 Å². The van der Waals surface area contributed by atoms with Gasteiger partial charge in [-0.1, -0.05) is 25.1 Å². The first-order chi connectivity index (χ1) is 10.3. The van der Waals surface area contributed by atoms with Crippen LogP contribution in [0.5, 0.6) is 0 Å². The van der Waals surface area contributed by atoms with Gasteiger partial charge in [0.05, 0.1) is 30.1 Å². The minimum atomic E-state index is 0.106. The smallest absolute Gasteiger partial charge is 0.0876 e. The van der Waals surface area contributed by atoms with E-state index < -0.39 is 0 Å². The zero-order valence-electron chi connectivity index (χ0n) is 12.1. The molecule has 1 aromatic carbocycles. The number of para-hydroxylation sites is 1. The van der Waals surface area contributed by atoms with Crippen molar-refractivity contribution in [3.05, 3.63) is 52.3 Å². The predicted molar refractivity (Wildman–Crippen MR) is 89.1 cm³/mol. The molecule has 0 amide bonds. The van der Waals surface area contributed by atoms with E-state index in [1.165, 1.54) is 5.57 Å². The summed E-state index contributed by atoms with van der Waals surface area (Å²) in [7, 11) is 0. The van der Waals surface area contributed by atoms with E-state index in [0.717, 1.165) is 47.1 Å². The molecule has 0 saturated carbocycles. The molecule has 0 saturated heterocycles. The third-order valence-electron chi connectivity index (χ3n) is 3.72. The van der Waals surface area contributed by atoms with Crippen LogP contribution >= 0.6 is 15.9 Å². The molecule has 1 unspecified atom stereocenters. The fraction of sp³-hybridized carbons (Fsp3) is 0.353. The maximum atomic E-state index is 5.51. The second-order valence-corrected chi connectivity index (χ2v) is 6.06. The normalized spacial score (nSPS) is 16.4. The highest BCUT2D eigenvalue weighted by atomic mass is 79.9. The zero-order valence-corrected chi connectivity index (χ0v) is 13.7. The molecule has 1 N–H and O–H groups in total. The second kappa shape index (κ2) is 6.58. The molecule has 2 aromatic rings. The molecule has 0 fully saturated rings. The van der Waals surface area contributed by atoms with E-state index in [0.29, 0.717) is 0 Å². The lowest BCUT2D eigenvalue weighted by atomic mass is 9.98. The maximum Gasteiger partial charge on any atom is 0.0876 e. The highest BCUT2D eigenvalue weighted by molar-refractivity contribution is 9.10. The lowest BCUT2D eigenvalue weighted by Gasteiger charge is -2.24. The van der Waals surface area contributed by atoms with Gasteiger partial charge < -0.3 is 10.1 Å². The van der Waals surface area contributed by atoms with E-state index in [-0.39, 0.29) is 6.04 Å². The maximum absolute atomic E-state index is 5.51. The standard InChI is InChI=1S/C17H19BrN2O/c1-2-19-16(13-7-5-9-21-11-13)17-14(18)10-12-6-3-4-8-15(12)20-17/h3-4,6,8,10-11,16,19H,2,5,7,9H2,1H3. The quantitative estimate of drug-likeness (QED) is 0.893. The van der Waals surface area contributed by atoms with Crippen LogP contribution in [0.2, 0.25) is 0 Å². The van der Waals surface area contributed by atoms with Crippen molar-refractivity contribution in [2.45, 2.75) is 25.8 Å². The average Bonchev–Trinajstić information content (AvgIpc) is 2.53. The van der Waals surface area contributed by atoms with Gasteiger partial charge in [0.2, 0.25) is 0 Å². The van der Waals surface area contributed by atoms with Gasteiger partial charge in [0.25, 0.3) is 0 Å². The van der Waals surface area contributed by atoms with Crippen LogP contribution in [0, 0.1) is 0 Å². The summed E-state index contributed by atoms with van der Waals surface area (Å²) in [6.45, 7) is 3.82. The molecule has 1 aromatic heterocycles. The molecule has 1 aliphatic rings. The Hall–Kier alpha value is -1.39. The number of fused-ring (bicyclic) bond motifs is 1. The number of aromatic nitrogens is 1. The summed E-state index contributed by atoms with van der Waals surface area (Å²) < 4.78 is 6.55. The molecule has 110 valence electrons. The number of likely N-dealkylation sites (N-methyl/N-ethyl adjacent to an activating group) is 1. The third kappa shape index (κ3) is 3.11. The minimum absolute atomic E-state index is 0.106. The Morgan fingerprint density at radius 2 is 2.24 bits per heavy atom. The number of hydrogen-bond donors (Lipinski definition) is 1. The minimum Gasteiger partial charge on any atom is -0.501 e. The van der Waals surface area contributed by atoms with E-state index in [4.69, 9.17) is 9.72 Å². The molecule has 3 rings (SSSR count). The fourth-order valence-corrected chi connectivity index (χ4v) is 3.28. The van der Waals surface area contributed by atoms with Crippen molar-refractivity contribution >= 4 is 26.8 Å². The Morgan fingerprint density at radius 1 is 1.38 bits per heavy atom. The Labute approximate surface area is 133 Å². The molecular formula is C17H19BrN2O. The molecule has 3 nitrogen and oxygen atoms in total. The van der Waals surface area contributed by atoms with Crippen molar-refractivity contribution in [1.29, 1.82) is 0 Å². The first kappa shape index (κ1) is 14.5. The van der Waals surface area contributed by atoms with Gasteiger partial charge in [-0.25, -0.2) is 4.98 Å². The van der Waals surface area contributed by atoms with Gasteiger partial charge in [-0.3, -0.25) is 0 Å². The Balaban J connectivity index is 2.05. The first-order valence-corrected chi connectivity index (χ1v) is 8.18. The summed E-state index contributed by atoms with van der Waals surface area (Å²) in [4.78, 5) is 4.86. The second-order valence-electron chi connectivity index (χ2n) is 5.21. The Morgan fingerprint density at radius 3 is 3.00 bits per heavy atom. The fourth-order valence-electron chi connectivity index (χ4n) is 2.71. The monoisotopic (exact) mass is 346 g/mol. The van der Waals surface area contributed by atoms with Gasteiger partial charge in [0.1, 0.15) is 0 Å². The molecule has 4 heteroatoms. The van der Waals surface area contributed by atoms with Crippen molar-refractivity contribution in [2.75, 3.05) is 13.2 Å². The molecule has 0 radical (unpaired) electrons. The molecular weight excluding hydrogens is 328 g/mol. The van der Waals surface area contributed by atoms with Gasteiger partial charge in [-0.05, 0) is 53.0 Å². The van der Waals surface area contributed by atoms with Crippen LogP contribution in [0.25, 0.3) is 10.9 Å². The highest BCUT2D eigenvalue weighted by Gasteiger charge is 2.22. The third-order valence-corrected chi connectivity index (χ3v) is 4.35. The topological polar surface area (TPSA) is 34.1 Å². The summed E-state index contributed by atoms with van der Waals surface area (Å²) in [6, 6.07) is 10.5. The van der Waals surface area contributed by atoms with Crippen molar-refractivity contribution in [1.82, 2.24) is 10.3 Å². The van der Waals surface area contributed by atoms with Crippen LogP contribution in [-0.2, 0) is 4.74 Å². The van der Waals surface area contributed by atoms with E-state index in [1.54, 1.807) is 0 Å². The van der Waals surface area contributed by atoms with Crippen LogP contribution in [-0.4, -0.2) is 18.1 Å². The van der Waals surface area contributed by atoms with E-state index in [9.17, 15) is 0 Å². The summed E-state index contributed by atoms with van der Waals surface area (Å²) >= 11 is 3.68. The zero-order chi connectivity index (χ0) is 14.7. The van der Waals surface area contributed by atoms with Crippen LogP contribution in [0.4, 0.5) is 0 Å². The summed E-state index contributed by atoms with van der Waals surface area (Å²) in [6.07, 6.45) is 4.03. The number of halogens is 1. The Bertz CT molecular complexity index is 669. The predicted octanol–water partition coefficient (Wildman–Crippen LogP) is 4.34. The van der Waals surface area contributed by atoms with Crippen molar-refractivity contribution < 1.29 is 4.74 Å². The van der Waals surface area contributed by atoms with Crippen LogP contribution in [0.1, 0.15) is 31.5 Å². The largest absolute Gasteiger partial charge is 0.501 e. The molecule has 0 spiro atoms. The summed E-state index contributed by atoms with van der Waals surface area (Å²) in [5, 5.41) is 4.68. The molecule has 0 aliphatic carbocycles. The number of ether oxygens (including phenoxy) is 1. The van der Waals surface area contributed by atoms with Gasteiger partial charge >= 0.3 is 0 Å². The number of pyridine rings is 1. The van der Waals surface area contributed by atoms with Gasteiger partial charge in [-0.2, -0.15) is 0 Å². The lowest BCUT2D eigenvalue weighted by Crippen LogP contribution is -2.25. The van der Waals surface area contributed by atoms with Crippen molar-refractivity contribution in [3.8, 4) is 0 Å². The number of nitrogens with zero attached hydrogens (tertiary/aromatic N) is 1. The number of benzene rings is 1. The SMILES string of the molecule is CCNC(C1=COCCC1)c1nc2ccccc2cc1Br. The number of nitrogens with one attached hydrogen (secondary N) is 1. The first-order valence-electron chi connectivity index (χ1n) is 7.38. The molecule has 1 atom stereocenters. The number of hydrogen-bond acceptors (Lipinski definition) is 3. The van der Waals surface area contributed by atoms with Crippen molar-refractivity contribution in [2.24, 2.45) is 0 Å². The van der Waals surface area contributed by atoms with Crippen LogP contribution in [0.15, 0.2) is 46.6 Å². The van der Waals surface area contributed by atoms with Gasteiger partial charge in [0.15, 0.2) is 0 Å². The van der Waals surface area contributed by atoms with E-state index in [2.05, 4.69) is 46.4 Å². The molecule has 2 heterocycles. The van der Waals surface area contributed by atoms with E-state index >= 15 is 0 Å². The summed E-state index contributed by atoms with van der Waals surface area (Å²) in [5.41, 5.74) is 3.33. The van der Waals surface area contributed by atoms with Crippen LogP contribution < -0.4 is 5.32 Å². The molecule has 1 aliphatic heterocycles. The molecule has 0 bridgehead atoms. The van der Waals surface area contributed by atoms with E-state index in [1.807, 2.05) is 18.4 Å². The van der Waals surface area contributed by atoms with Gasteiger partial charge in [0, 0.05) is 9.86 Å². The van der Waals surface area contributed by atoms with Crippen molar-refractivity contribution in [3.63, 3.8) is 0 Å². The number of rotatable bonds is 4.